The van der Waals surface area contributed by atoms with Gasteiger partial charge in [-0.05, 0) is 59.1 Å². The van der Waals surface area contributed by atoms with Gasteiger partial charge in [0.15, 0.2) is 0 Å². The molecule has 2 N–H and O–H groups in total. The molecule has 0 unspecified atom stereocenters. The Hall–Kier alpha value is -2.63. The first-order valence-corrected chi connectivity index (χ1v) is 9.41. The molecule has 0 bridgehead atoms. The van der Waals surface area contributed by atoms with Crippen molar-refractivity contribution in [3.05, 3.63) is 81.5 Å². The highest BCUT2D eigenvalue weighted by atomic mass is 35.5. The molecule has 3 aromatic rings. The largest absolute Gasteiger partial charge is 0.325 e. The normalized spacial score (nSPS) is 10.3. The highest BCUT2D eigenvalue weighted by Gasteiger charge is 2.12. The minimum atomic E-state index is -0.262. The molecule has 1 heterocycles. The lowest BCUT2D eigenvalue weighted by Crippen LogP contribution is -2.15. The van der Waals surface area contributed by atoms with Gasteiger partial charge in [-0.1, -0.05) is 29.8 Å². The third-order valence-corrected chi connectivity index (χ3v) is 4.82. The van der Waals surface area contributed by atoms with E-state index in [9.17, 15) is 9.59 Å². The number of hydrogen-bond acceptors (Lipinski definition) is 3. The summed E-state index contributed by atoms with van der Waals surface area (Å²) in [5.74, 6) is -0.402. The van der Waals surface area contributed by atoms with Gasteiger partial charge in [0, 0.05) is 17.7 Å². The van der Waals surface area contributed by atoms with Gasteiger partial charge in [-0.15, -0.1) is 0 Å². The molecule has 2 amide bonds. The summed E-state index contributed by atoms with van der Waals surface area (Å²) in [5, 5.41) is 9.99. The van der Waals surface area contributed by atoms with Gasteiger partial charge in [0.25, 0.3) is 5.91 Å². The molecule has 0 atom stereocenters. The number of thiophene rings is 1. The third kappa shape index (κ3) is 4.94. The molecule has 0 aliphatic rings. The van der Waals surface area contributed by atoms with Gasteiger partial charge in [-0.3, -0.25) is 9.59 Å². The zero-order chi connectivity index (χ0) is 18.4. The topological polar surface area (TPSA) is 58.2 Å². The number of aryl methyl sites for hydroxylation is 1. The van der Waals surface area contributed by atoms with Gasteiger partial charge < -0.3 is 10.6 Å². The van der Waals surface area contributed by atoms with E-state index in [1.807, 2.05) is 35.0 Å². The van der Waals surface area contributed by atoms with Crippen molar-refractivity contribution in [1.29, 1.82) is 0 Å². The van der Waals surface area contributed by atoms with Crippen LogP contribution in [0.1, 0.15) is 22.3 Å². The van der Waals surface area contributed by atoms with Crippen LogP contribution in [0.5, 0.6) is 0 Å². The second kappa shape index (κ2) is 8.65. The van der Waals surface area contributed by atoms with Crippen LogP contribution >= 0.6 is 22.9 Å². The molecule has 1 aromatic heterocycles. The van der Waals surface area contributed by atoms with Crippen LogP contribution in [0.4, 0.5) is 11.4 Å². The molecule has 2 aromatic carbocycles. The number of nitrogens with one attached hydrogen (secondary N) is 2. The van der Waals surface area contributed by atoms with Crippen LogP contribution in [0.15, 0.2) is 65.4 Å². The Labute approximate surface area is 160 Å². The van der Waals surface area contributed by atoms with Crippen molar-refractivity contribution in [3.8, 4) is 0 Å². The Morgan fingerprint density at radius 1 is 1.00 bits per heavy atom. The van der Waals surface area contributed by atoms with Gasteiger partial charge in [0.2, 0.25) is 5.91 Å². The van der Waals surface area contributed by atoms with Crippen LogP contribution in [0.3, 0.4) is 0 Å². The minimum Gasteiger partial charge on any atom is -0.325 e. The molecule has 6 heteroatoms. The number of amides is 2. The van der Waals surface area contributed by atoms with Gasteiger partial charge in [0.05, 0.1) is 10.7 Å². The summed E-state index contributed by atoms with van der Waals surface area (Å²) in [6.45, 7) is 0. The lowest BCUT2D eigenvalue weighted by molar-refractivity contribution is -0.116. The zero-order valence-electron chi connectivity index (χ0n) is 13.9. The van der Waals surface area contributed by atoms with Crippen molar-refractivity contribution in [2.24, 2.45) is 0 Å². The predicted octanol–water partition coefficient (Wildman–Crippen LogP) is 5.23. The van der Waals surface area contributed by atoms with E-state index >= 15 is 0 Å². The monoisotopic (exact) mass is 384 g/mol. The summed E-state index contributed by atoms with van der Waals surface area (Å²) >= 11 is 7.77. The molecular weight excluding hydrogens is 368 g/mol. The summed E-state index contributed by atoms with van der Waals surface area (Å²) in [6, 6.07) is 16.0. The molecule has 3 rings (SSSR count). The Morgan fingerprint density at radius 2 is 1.81 bits per heavy atom. The van der Waals surface area contributed by atoms with Crippen LogP contribution in [0.2, 0.25) is 5.02 Å². The van der Waals surface area contributed by atoms with Gasteiger partial charge >= 0.3 is 0 Å². The van der Waals surface area contributed by atoms with E-state index in [1.54, 1.807) is 41.7 Å². The third-order valence-electron chi connectivity index (χ3n) is 3.76. The van der Waals surface area contributed by atoms with Crippen molar-refractivity contribution < 1.29 is 9.59 Å². The van der Waals surface area contributed by atoms with E-state index in [2.05, 4.69) is 10.6 Å². The molecule has 0 radical (unpaired) electrons. The molecular formula is C20H17ClN2O2S. The van der Waals surface area contributed by atoms with Crippen LogP contribution in [-0.4, -0.2) is 11.8 Å². The number of anilines is 2. The average Bonchev–Trinajstić information content (AvgIpc) is 3.16. The Bertz CT molecular complexity index is 895. The smallest absolute Gasteiger partial charge is 0.255 e. The fraction of sp³-hybridized carbons (Fsp3) is 0.100. The average molecular weight is 385 g/mol. The van der Waals surface area contributed by atoms with E-state index in [0.29, 0.717) is 34.8 Å². The summed E-state index contributed by atoms with van der Waals surface area (Å²) in [5.41, 5.74) is 2.69. The number of benzene rings is 2. The number of halogens is 1. The summed E-state index contributed by atoms with van der Waals surface area (Å²) < 4.78 is 0. The first-order chi connectivity index (χ1) is 12.6. The molecule has 0 saturated carbocycles. The van der Waals surface area contributed by atoms with E-state index in [4.69, 9.17) is 11.6 Å². The fourth-order valence-corrected chi connectivity index (χ4v) is 3.26. The molecule has 132 valence electrons. The Balaban J connectivity index is 1.65. The summed E-state index contributed by atoms with van der Waals surface area (Å²) in [6.07, 6.45) is 1.02. The highest BCUT2D eigenvalue weighted by molar-refractivity contribution is 7.07. The maximum atomic E-state index is 12.4. The number of hydrogen-bond donors (Lipinski definition) is 2. The van der Waals surface area contributed by atoms with Crippen molar-refractivity contribution in [2.45, 2.75) is 12.8 Å². The molecule has 0 aliphatic carbocycles. The first-order valence-electron chi connectivity index (χ1n) is 8.09. The van der Waals surface area contributed by atoms with Gasteiger partial charge in [0.1, 0.15) is 0 Å². The number of carbonyl (C=O) groups is 2. The van der Waals surface area contributed by atoms with Gasteiger partial charge in [-0.25, -0.2) is 0 Å². The molecule has 0 saturated heterocycles. The first kappa shape index (κ1) is 18.2. The van der Waals surface area contributed by atoms with Crippen molar-refractivity contribution >= 4 is 46.1 Å². The van der Waals surface area contributed by atoms with E-state index in [-0.39, 0.29) is 11.8 Å². The molecule has 0 fully saturated rings. The Kier molecular flexibility index (Phi) is 6.04. The van der Waals surface area contributed by atoms with Crippen LogP contribution in [0, 0.1) is 0 Å². The van der Waals surface area contributed by atoms with Crippen molar-refractivity contribution in [2.75, 3.05) is 10.6 Å². The lowest BCUT2D eigenvalue weighted by atomic mass is 10.1. The second-order valence-electron chi connectivity index (χ2n) is 5.69. The number of para-hydroxylation sites is 1. The maximum Gasteiger partial charge on any atom is 0.255 e. The van der Waals surface area contributed by atoms with Crippen LogP contribution in [0.25, 0.3) is 0 Å². The maximum absolute atomic E-state index is 12.4. The van der Waals surface area contributed by atoms with E-state index in [1.165, 1.54) is 0 Å². The molecule has 26 heavy (non-hydrogen) atoms. The lowest BCUT2D eigenvalue weighted by Gasteiger charge is -2.10. The summed E-state index contributed by atoms with van der Waals surface area (Å²) in [7, 11) is 0. The fourth-order valence-electron chi connectivity index (χ4n) is 2.39. The standard InChI is InChI=1S/C20H17ClN2O2S/c21-17-8-7-15(20(25)22-16-4-2-1-3-5-16)12-18(17)23-19(24)9-6-14-10-11-26-13-14/h1-5,7-8,10-13H,6,9H2,(H,22,25)(H,23,24). The number of carbonyl (C=O) groups excluding carboxylic acids is 2. The predicted molar refractivity (Wildman–Crippen MR) is 107 cm³/mol. The zero-order valence-corrected chi connectivity index (χ0v) is 15.4. The van der Waals surface area contributed by atoms with Crippen LogP contribution < -0.4 is 10.6 Å². The molecule has 0 spiro atoms. The highest BCUT2D eigenvalue weighted by Crippen LogP contribution is 2.24. The number of rotatable bonds is 6. The minimum absolute atomic E-state index is 0.140. The molecule has 0 aliphatic heterocycles. The van der Waals surface area contributed by atoms with Crippen LogP contribution in [-0.2, 0) is 11.2 Å². The van der Waals surface area contributed by atoms with Crippen molar-refractivity contribution in [1.82, 2.24) is 0 Å². The van der Waals surface area contributed by atoms with E-state index in [0.717, 1.165) is 5.56 Å². The van der Waals surface area contributed by atoms with Crippen molar-refractivity contribution in [3.63, 3.8) is 0 Å². The quantitative estimate of drug-likeness (QED) is 0.611. The second-order valence-corrected chi connectivity index (χ2v) is 6.88. The van der Waals surface area contributed by atoms with Gasteiger partial charge in [-0.2, -0.15) is 11.3 Å². The van der Waals surface area contributed by atoms with E-state index < -0.39 is 0 Å². The SMILES string of the molecule is O=C(CCc1ccsc1)Nc1cc(C(=O)Nc2ccccc2)ccc1Cl. The molecule has 4 nitrogen and oxygen atoms in total. The summed E-state index contributed by atoms with van der Waals surface area (Å²) in [4.78, 5) is 24.5. The Morgan fingerprint density at radius 3 is 2.54 bits per heavy atom.